The van der Waals surface area contributed by atoms with E-state index in [9.17, 15) is 9.90 Å². The fraction of sp³-hybridized carbons (Fsp3) is 0.333. The van der Waals surface area contributed by atoms with Crippen LogP contribution >= 0.6 is 23.1 Å². The van der Waals surface area contributed by atoms with Crippen molar-refractivity contribution in [1.29, 1.82) is 0 Å². The predicted molar refractivity (Wildman–Crippen MR) is 50.5 cm³/mol. The Hall–Kier alpha value is -0.750. The molecule has 2 heterocycles. The molecular formula is C6H6N2O2S2. The zero-order valence-corrected chi connectivity index (χ0v) is 7.67. The number of thiazole rings is 1. The van der Waals surface area contributed by atoms with Gasteiger partial charge in [0.25, 0.3) is 0 Å². The maximum atomic E-state index is 10.8. The molecule has 0 saturated heterocycles. The molecule has 0 aliphatic carbocycles. The number of hydrogen-bond donors (Lipinski definition) is 2. The molecule has 64 valence electrons. The second-order valence-electron chi connectivity index (χ2n) is 2.23. The molecular weight excluding hydrogens is 196 g/mol. The van der Waals surface area contributed by atoms with Gasteiger partial charge in [-0.2, -0.15) is 0 Å². The summed E-state index contributed by atoms with van der Waals surface area (Å²) in [5.74, 6) is 0.874. The second-order valence-corrected chi connectivity index (χ2v) is 4.29. The van der Waals surface area contributed by atoms with Crippen molar-refractivity contribution in [1.82, 2.24) is 4.98 Å². The molecule has 6 heteroatoms. The third-order valence-corrected chi connectivity index (χ3v) is 3.41. The van der Waals surface area contributed by atoms with Crippen molar-refractivity contribution in [2.45, 2.75) is 0 Å². The Kier molecular flexibility index (Phi) is 1.93. The van der Waals surface area contributed by atoms with Crippen molar-refractivity contribution in [2.24, 2.45) is 4.99 Å². The van der Waals surface area contributed by atoms with E-state index in [1.54, 1.807) is 11.8 Å². The highest BCUT2D eigenvalue weighted by Crippen LogP contribution is 2.26. The number of nitrogens with one attached hydrogen (secondary N) is 1. The van der Waals surface area contributed by atoms with Crippen LogP contribution in [0.15, 0.2) is 9.79 Å². The third-order valence-electron chi connectivity index (χ3n) is 1.41. The van der Waals surface area contributed by atoms with Gasteiger partial charge in [-0.1, -0.05) is 11.3 Å². The molecule has 0 atom stereocenters. The Morgan fingerprint density at radius 1 is 1.58 bits per heavy atom. The van der Waals surface area contributed by atoms with E-state index in [0.29, 0.717) is 4.88 Å². The minimum absolute atomic E-state index is 0.0573. The van der Waals surface area contributed by atoms with Crippen LogP contribution < -0.4 is 4.87 Å². The average Bonchev–Trinajstić information content (AvgIpc) is 2.58. The summed E-state index contributed by atoms with van der Waals surface area (Å²) in [5.41, 5.74) is 0. The van der Waals surface area contributed by atoms with Crippen LogP contribution in [0.5, 0.6) is 5.88 Å². The molecule has 1 aromatic heterocycles. The molecule has 2 rings (SSSR count). The van der Waals surface area contributed by atoms with Crippen molar-refractivity contribution in [3.63, 3.8) is 0 Å². The molecule has 0 radical (unpaired) electrons. The molecule has 0 saturated carbocycles. The number of thioether (sulfide) groups is 1. The first-order valence-corrected chi connectivity index (χ1v) is 5.17. The van der Waals surface area contributed by atoms with Crippen LogP contribution in [0.4, 0.5) is 0 Å². The monoisotopic (exact) mass is 202 g/mol. The third kappa shape index (κ3) is 1.27. The van der Waals surface area contributed by atoms with E-state index in [-0.39, 0.29) is 10.8 Å². The van der Waals surface area contributed by atoms with Crippen LogP contribution in [-0.4, -0.2) is 27.4 Å². The van der Waals surface area contributed by atoms with Crippen molar-refractivity contribution < 1.29 is 5.11 Å². The number of hydrogen-bond acceptors (Lipinski definition) is 5. The SMILES string of the molecule is O=c1[nH]c(O)c(C2=NCCS2)s1. The van der Waals surface area contributed by atoms with Crippen LogP contribution in [0.1, 0.15) is 4.88 Å². The number of rotatable bonds is 1. The lowest BCUT2D eigenvalue weighted by atomic mass is 10.5. The van der Waals surface area contributed by atoms with Gasteiger partial charge in [-0.05, 0) is 0 Å². The first-order valence-electron chi connectivity index (χ1n) is 3.37. The van der Waals surface area contributed by atoms with Crippen LogP contribution in [-0.2, 0) is 0 Å². The summed E-state index contributed by atoms with van der Waals surface area (Å²) < 4.78 is 0. The highest BCUT2D eigenvalue weighted by Gasteiger charge is 2.16. The Labute approximate surface area is 76.4 Å². The summed E-state index contributed by atoms with van der Waals surface area (Å²) in [4.78, 5) is 17.6. The first kappa shape index (κ1) is 7.88. The molecule has 1 aliphatic rings. The summed E-state index contributed by atoms with van der Waals surface area (Å²) in [5, 5.41) is 10.0. The molecule has 0 fully saturated rings. The van der Waals surface area contributed by atoms with E-state index < -0.39 is 0 Å². The van der Waals surface area contributed by atoms with Gasteiger partial charge in [-0.25, -0.2) is 0 Å². The summed E-state index contributed by atoms with van der Waals surface area (Å²) in [6.45, 7) is 0.769. The van der Waals surface area contributed by atoms with Crippen molar-refractivity contribution in [3.8, 4) is 5.88 Å². The van der Waals surface area contributed by atoms with E-state index in [2.05, 4.69) is 9.98 Å². The molecule has 0 unspecified atom stereocenters. The molecule has 12 heavy (non-hydrogen) atoms. The van der Waals surface area contributed by atoms with Crippen LogP contribution in [0.2, 0.25) is 0 Å². The number of aromatic amines is 1. The Morgan fingerprint density at radius 3 is 2.92 bits per heavy atom. The average molecular weight is 202 g/mol. The van der Waals surface area contributed by atoms with Gasteiger partial charge in [0.15, 0.2) is 0 Å². The quantitative estimate of drug-likeness (QED) is 0.702. The topological polar surface area (TPSA) is 65.5 Å². The Morgan fingerprint density at radius 2 is 2.42 bits per heavy atom. The van der Waals surface area contributed by atoms with Crippen LogP contribution in [0, 0.1) is 0 Å². The number of aliphatic imine (C=N–C) groups is 1. The Balaban J connectivity index is 2.45. The normalized spacial score (nSPS) is 16.5. The van der Waals surface area contributed by atoms with Crippen molar-refractivity contribution in [3.05, 3.63) is 14.5 Å². The van der Waals surface area contributed by atoms with Crippen molar-refractivity contribution in [2.75, 3.05) is 12.3 Å². The van der Waals surface area contributed by atoms with Gasteiger partial charge in [0.1, 0.15) is 9.92 Å². The van der Waals surface area contributed by atoms with Crippen LogP contribution in [0.25, 0.3) is 0 Å². The molecule has 4 nitrogen and oxygen atoms in total. The summed E-state index contributed by atoms with van der Waals surface area (Å²) >= 11 is 2.56. The van der Waals surface area contributed by atoms with Crippen molar-refractivity contribution >= 4 is 28.1 Å². The highest BCUT2D eigenvalue weighted by molar-refractivity contribution is 8.15. The maximum absolute atomic E-state index is 10.8. The smallest absolute Gasteiger partial charge is 0.308 e. The van der Waals surface area contributed by atoms with E-state index in [0.717, 1.165) is 28.7 Å². The molecule has 0 aromatic carbocycles. The largest absolute Gasteiger partial charge is 0.493 e. The number of aromatic hydroxyl groups is 1. The molecule has 0 spiro atoms. The number of H-pyrrole nitrogens is 1. The van der Waals surface area contributed by atoms with E-state index in [4.69, 9.17) is 0 Å². The molecule has 0 bridgehead atoms. The molecule has 1 aliphatic heterocycles. The summed E-state index contributed by atoms with van der Waals surface area (Å²) in [6, 6.07) is 0. The molecule has 1 aromatic rings. The zero-order valence-electron chi connectivity index (χ0n) is 6.03. The van der Waals surface area contributed by atoms with Gasteiger partial charge in [0, 0.05) is 12.3 Å². The Bertz CT molecular complexity index is 379. The fourth-order valence-electron chi connectivity index (χ4n) is 0.937. The van der Waals surface area contributed by atoms with Gasteiger partial charge in [0.05, 0.1) is 0 Å². The lowest BCUT2D eigenvalue weighted by Crippen LogP contribution is -1.89. The van der Waals surface area contributed by atoms with Gasteiger partial charge in [-0.3, -0.25) is 14.8 Å². The van der Waals surface area contributed by atoms with Crippen LogP contribution in [0.3, 0.4) is 0 Å². The number of nitrogens with zero attached hydrogens (tertiary/aromatic N) is 1. The maximum Gasteiger partial charge on any atom is 0.308 e. The lowest BCUT2D eigenvalue weighted by Gasteiger charge is -1.92. The second kappa shape index (κ2) is 2.95. The van der Waals surface area contributed by atoms with E-state index >= 15 is 0 Å². The van der Waals surface area contributed by atoms with Gasteiger partial charge >= 0.3 is 4.87 Å². The van der Waals surface area contributed by atoms with E-state index in [1.807, 2.05) is 0 Å². The number of aromatic nitrogens is 1. The minimum atomic E-state index is -0.238. The standard InChI is InChI=1S/C6H6N2O2S2/c9-4-3(12-6(10)8-4)5-7-1-2-11-5/h9H,1-2H2,(H,8,10). The fourth-order valence-corrected chi connectivity index (χ4v) is 2.66. The van der Waals surface area contributed by atoms with Gasteiger partial charge < -0.3 is 5.11 Å². The van der Waals surface area contributed by atoms with E-state index in [1.165, 1.54) is 0 Å². The summed E-state index contributed by atoms with van der Waals surface area (Å²) in [6.07, 6.45) is 0. The minimum Gasteiger partial charge on any atom is -0.493 e. The molecule has 2 N–H and O–H groups in total. The first-order chi connectivity index (χ1) is 5.77. The van der Waals surface area contributed by atoms with Gasteiger partial charge in [0.2, 0.25) is 5.88 Å². The van der Waals surface area contributed by atoms with Gasteiger partial charge in [-0.15, -0.1) is 11.8 Å². The summed E-state index contributed by atoms with van der Waals surface area (Å²) in [7, 11) is 0. The zero-order chi connectivity index (χ0) is 8.55. The highest BCUT2D eigenvalue weighted by atomic mass is 32.2. The predicted octanol–water partition coefficient (Wildman–Crippen LogP) is 0.635. The lowest BCUT2D eigenvalue weighted by molar-refractivity contribution is 0.455. The molecule has 0 amide bonds.